The summed E-state index contributed by atoms with van der Waals surface area (Å²) in [5.74, 6) is 1.45. The summed E-state index contributed by atoms with van der Waals surface area (Å²) in [6.07, 6.45) is 8.83. The molecule has 226 valence electrons. The molecule has 0 aromatic carbocycles. The number of imidazole rings is 1. The van der Waals surface area contributed by atoms with E-state index in [2.05, 4.69) is 22.8 Å². The number of halogens is 3. The van der Waals surface area contributed by atoms with Crippen LogP contribution in [0.4, 0.5) is 13.2 Å². The Balaban J connectivity index is 1.23. The second-order valence-electron chi connectivity index (χ2n) is 13.9. The van der Waals surface area contributed by atoms with Gasteiger partial charge in [0.1, 0.15) is 5.72 Å². The van der Waals surface area contributed by atoms with Gasteiger partial charge < -0.3 is 5.11 Å². The molecule has 3 saturated carbocycles. The molecule has 0 amide bonds. The van der Waals surface area contributed by atoms with Crippen LogP contribution in [0.5, 0.6) is 0 Å². The van der Waals surface area contributed by atoms with Crippen LogP contribution in [0.3, 0.4) is 0 Å². The molecule has 0 radical (unpaired) electrons. The van der Waals surface area contributed by atoms with Gasteiger partial charge in [-0.3, -0.25) is 18.8 Å². The fourth-order valence-electron chi connectivity index (χ4n) is 8.43. The maximum Gasteiger partial charge on any atom is 0.418 e. The van der Waals surface area contributed by atoms with Crippen molar-refractivity contribution in [2.24, 2.45) is 23.2 Å². The summed E-state index contributed by atoms with van der Waals surface area (Å²) in [5, 5.41) is 11.6. The number of hydrogen-bond acceptors (Lipinski definition) is 6. The number of likely N-dealkylation sites (tertiary alicyclic amines) is 1. The van der Waals surface area contributed by atoms with Gasteiger partial charge in [0.05, 0.1) is 23.9 Å². The van der Waals surface area contributed by atoms with E-state index in [1.165, 1.54) is 31.7 Å². The summed E-state index contributed by atoms with van der Waals surface area (Å²) in [4.78, 5) is 18.0. The van der Waals surface area contributed by atoms with E-state index in [9.17, 15) is 23.1 Å². The first-order valence-electron chi connectivity index (χ1n) is 15.5. The van der Waals surface area contributed by atoms with Gasteiger partial charge >= 0.3 is 11.9 Å². The number of nitrogens with one attached hydrogen (secondary N) is 2. The zero-order chi connectivity index (χ0) is 28.7. The first kappa shape index (κ1) is 27.9. The largest absolute Gasteiger partial charge is 0.418 e. The SMILES string of the molecule is CN1CNNC1C(C1CCC1)[C@H]1CCCC(n2cc3c(C(F)(F)F)cc(C(C)(O)N4CCC5(CC5)C4)cn3c2=O)C1. The maximum atomic E-state index is 14.5. The smallest absolute Gasteiger partial charge is 0.372 e. The molecule has 41 heavy (non-hydrogen) atoms. The quantitative estimate of drug-likeness (QED) is 0.478. The van der Waals surface area contributed by atoms with Crippen molar-refractivity contribution in [2.75, 3.05) is 26.8 Å². The highest BCUT2D eigenvalue weighted by atomic mass is 19.4. The number of hydrogen-bond donors (Lipinski definition) is 3. The van der Waals surface area contributed by atoms with Crippen LogP contribution in [0.2, 0.25) is 0 Å². The molecule has 4 heterocycles. The molecule has 2 saturated heterocycles. The van der Waals surface area contributed by atoms with E-state index in [1.54, 1.807) is 11.5 Å². The van der Waals surface area contributed by atoms with E-state index in [4.69, 9.17) is 0 Å². The minimum Gasteiger partial charge on any atom is -0.372 e. The molecule has 11 heteroatoms. The van der Waals surface area contributed by atoms with E-state index < -0.39 is 23.2 Å². The van der Waals surface area contributed by atoms with Crippen molar-refractivity contribution in [3.63, 3.8) is 0 Å². The molecule has 5 fully saturated rings. The monoisotopic (exact) mass is 576 g/mol. The first-order valence-corrected chi connectivity index (χ1v) is 15.5. The fraction of sp³-hybridized carbons (Fsp3) is 0.767. The van der Waals surface area contributed by atoms with E-state index in [1.807, 2.05) is 4.90 Å². The van der Waals surface area contributed by atoms with Crippen LogP contribution in [0.1, 0.15) is 88.3 Å². The van der Waals surface area contributed by atoms with Crippen LogP contribution in [0.25, 0.3) is 5.52 Å². The number of nitrogens with zero attached hydrogens (tertiary/aromatic N) is 4. The van der Waals surface area contributed by atoms with Crippen molar-refractivity contribution in [2.45, 2.75) is 95.2 Å². The van der Waals surface area contributed by atoms with Gasteiger partial charge in [-0.1, -0.05) is 25.7 Å². The van der Waals surface area contributed by atoms with Crippen LogP contribution >= 0.6 is 0 Å². The Morgan fingerprint density at radius 1 is 1.07 bits per heavy atom. The van der Waals surface area contributed by atoms with E-state index in [-0.39, 0.29) is 28.7 Å². The Morgan fingerprint density at radius 2 is 1.80 bits per heavy atom. The van der Waals surface area contributed by atoms with E-state index in [0.29, 0.717) is 30.8 Å². The average Bonchev–Trinajstić information content (AvgIpc) is 3.18. The Kier molecular flexibility index (Phi) is 6.67. The Hall–Kier alpha value is -1.92. The second kappa shape index (κ2) is 9.80. The van der Waals surface area contributed by atoms with Crippen molar-refractivity contribution >= 4 is 5.52 Å². The van der Waals surface area contributed by atoms with Crippen molar-refractivity contribution in [1.29, 1.82) is 0 Å². The Bertz CT molecular complexity index is 1360. The van der Waals surface area contributed by atoms with Crippen molar-refractivity contribution in [3.8, 4) is 0 Å². The number of rotatable bonds is 6. The zero-order valence-corrected chi connectivity index (χ0v) is 24.1. The minimum absolute atomic E-state index is 0.115. The maximum absolute atomic E-state index is 14.5. The summed E-state index contributed by atoms with van der Waals surface area (Å²) in [5.41, 5.74) is 4.00. The Labute approximate surface area is 238 Å². The predicted octanol–water partition coefficient (Wildman–Crippen LogP) is 4.24. The van der Waals surface area contributed by atoms with E-state index in [0.717, 1.165) is 62.1 Å². The van der Waals surface area contributed by atoms with Gasteiger partial charge in [-0.25, -0.2) is 15.6 Å². The lowest BCUT2D eigenvalue weighted by atomic mass is 9.65. The Morgan fingerprint density at radius 3 is 2.41 bits per heavy atom. The van der Waals surface area contributed by atoms with Gasteiger partial charge in [0.15, 0.2) is 0 Å². The van der Waals surface area contributed by atoms with Gasteiger partial charge in [-0.2, -0.15) is 13.2 Å². The van der Waals surface area contributed by atoms with Crippen LogP contribution in [-0.4, -0.2) is 56.8 Å². The highest BCUT2D eigenvalue weighted by Crippen LogP contribution is 2.54. The zero-order valence-electron chi connectivity index (χ0n) is 24.1. The van der Waals surface area contributed by atoms with Gasteiger partial charge in [0, 0.05) is 37.1 Å². The van der Waals surface area contributed by atoms with Gasteiger partial charge in [-0.15, -0.1) is 0 Å². The fourth-order valence-corrected chi connectivity index (χ4v) is 8.43. The van der Waals surface area contributed by atoms with Crippen LogP contribution in [0, 0.1) is 23.2 Å². The molecule has 3 N–H and O–H groups in total. The third kappa shape index (κ3) is 4.76. The van der Waals surface area contributed by atoms with Gasteiger partial charge in [-0.05, 0) is 81.7 Å². The lowest BCUT2D eigenvalue weighted by Crippen LogP contribution is -2.50. The van der Waals surface area contributed by atoms with Crippen LogP contribution in [-0.2, 0) is 11.9 Å². The summed E-state index contributed by atoms with van der Waals surface area (Å²) < 4.78 is 46.1. The molecule has 7 rings (SSSR count). The predicted molar refractivity (Wildman–Crippen MR) is 149 cm³/mol. The minimum atomic E-state index is -4.66. The molecule has 1 spiro atoms. The van der Waals surface area contributed by atoms with Crippen LogP contribution < -0.4 is 16.5 Å². The lowest BCUT2D eigenvalue weighted by molar-refractivity contribution is -0.137. The third-order valence-electron chi connectivity index (χ3n) is 11.4. The van der Waals surface area contributed by atoms with Crippen molar-refractivity contribution in [1.82, 2.24) is 29.6 Å². The number of alkyl halides is 3. The molecule has 0 bridgehead atoms. The standard InChI is InChI=1S/C30H43F3N6O2/c1-28(41,37-12-11-29(17-37)9-10-29)21-14-23(30(31,32)33)24-16-38(27(40)39(24)15-21)22-8-4-7-20(13-22)25(19-5-3-6-19)26-35-34-18-36(26)2/h14-16,19-20,22,25-26,34-35,41H,3-13,17-18H2,1-2H3/t20-,22?,25?,26?,28?/m0/s1. The molecular weight excluding hydrogens is 533 g/mol. The molecule has 5 atom stereocenters. The third-order valence-corrected chi connectivity index (χ3v) is 11.4. The van der Waals surface area contributed by atoms with Gasteiger partial charge in [0.25, 0.3) is 0 Å². The molecule has 2 aromatic heterocycles. The normalized spacial score (nSPS) is 31.5. The number of pyridine rings is 1. The number of hydrazine groups is 1. The average molecular weight is 577 g/mol. The van der Waals surface area contributed by atoms with Gasteiger partial charge in [0.2, 0.25) is 0 Å². The summed E-state index contributed by atoms with van der Waals surface area (Å²) >= 11 is 0. The molecule has 3 aliphatic carbocycles. The highest BCUT2D eigenvalue weighted by Gasteiger charge is 2.52. The second-order valence-corrected chi connectivity index (χ2v) is 13.9. The number of aromatic nitrogens is 2. The van der Waals surface area contributed by atoms with Crippen LogP contribution in [0.15, 0.2) is 23.3 Å². The molecule has 8 nitrogen and oxygen atoms in total. The summed E-state index contributed by atoms with van der Waals surface area (Å²) in [6.45, 7) is 3.64. The molecule has 5 aliphatic rings. The van der Waals surface area contributed by atoms with Crippen molar-refractivity contribution in [3.05, 3.63) is 40.1 Å². The molecule has 2 aromatic rings. The summed E-state index contributed by atoms with van der Waals surface area (Å²) in [6, 6.07) is 0.906. The van der Waals surface area contributed by atoms with Crippen molar-refractivity contribution < 1.29 is 18.3 Å². The topological polar surface area (TPSA) is 77.2 Å². The lowest BCUT2D eigenvalue weighted by Gasteiger charge is -2.46. The number of aliphatic hydroxyl groups is 1. The molecular formula is C30H43F3N6O2. The molecule has 4 unspecified atom stereocenters. The highest BCUT2D eigenvalue weighted by molar-refractivity contribution is 5.57. The molecule has 2 aliphatic heterocycles. The first-order chi connectivity index (χ1) is 19.5. The number of fused-ring (bicyclic) bond motifs is 1. The van der Waals surface area contributed by atoms with E-state index >= 15 is 0 Å². The summed E-state index contributed by atoms with van der Waals surface area (Å²) in [7, 11) is 2.12.